The molecule has 0 spiro atoms. The van der Waals surface area contributed by atoms with Crippen LogP contribution in [0.1, 0.15) is 49.4 Å². The molecule has 0 saturated carbocycles. The van der Waals surface area contributed by atoms with Gasteiger partial charge in [0.15, 0.2) is 0 Å². The molecular weight excluding hydrogens is 368 g/mol. The molecule has 1 aliphatic carbocycles. The molecule has 158 valence electrons. The number of ether oxygens (including phenoxy) is 1. The van der Waals surface area contributed by atoms with Crippen LogP contribution in [0.5, 0.6) is 5.75 Å². The molecule has 5 rings (SSSR count). The van der Waals surface area contributed by atoms with E-state index in [4.69, 9.17) is 4.74 Å². The predicted molar refractivity (Wildman–Crippen MR) is 124 cm³/mol. The number of hydrogen-bond donors (Lipinski definition) is 1. The summed E-state index contributed by atoms with van der Waals surface area (Å²) in [5.41, 5.74) is 5.97. The highest BCUT2D eigenvalue weighted by Crippen LogP contribution is 2.49. The molecule has 3 nitrogen and oxygen atoms in total. The molecular formula is C27H34N2O. The summed E-state index contributed by atoms with van der Waals surface area (Å²) in [4.78, 5) is 6.52. The zero-order valence-corrected chi connectivity index (χ0v) is 18.4. The van der Waals surface area contributed by atoms with E-state index in [1.165, 1.54) is 73.9 Å². The minimum atomic E-state index is 0.198. The average Bonchev–Trinajstić information content (AvgIpc) is 3.14. The van der Waals surface area contributed by atoms with E-state index in [-0.39, 0.29) is 5.41 Å². The Balaban J connectivity index is 1.54. The summed E-state index contributed by atoms with van der Waals surface area (Å²) >= 11 is 0. The van der Waals surface area contributed by atoms with Gasteiger partial charge in [0.2, 0.25) is 0 Å². The number of hydrogen-bond acceptors (Lipinski definition) is 2. The first kappa shape index (κ1) is 19.7. The molecule has 0 amide bonds. The van der Waals surface area contributed by atoms with Crippen LogP contribution in [0.15, 0.2) is 48.5 Å². The fraction of sp³-hybridized carbons (Fsp3) is 0.481. The van der Waals surface area contributed by atoms with E-state index in [0.29, 0.717) is 5.92 Å². The minimum Gasteiger partial charge on any atom is -0.497 e. The monoisotopic (exact) mass is 402 g/mol. The van der Waals surface area contributed by atoms with Crippen molar-refractivity contribution in [3.05, 3.63) is 65.4 Å². The Labute approximate surface area is 180 Å². The van der Waals surface area contributed by atoms with Crippen molar-refractivity contribution >= 4 is 10.9 Å². The lowest BCUT2D eigenvalue weighted by Crippen LogP contribution is -2.53. The van der Waals surface area contributed by atoms with Crippen LogP contribution in [-0.4, -0.2) is 36.6 Å². The van der Waals surface area contributed by atoms with Crippen molar-refractivity contribution in [1.29, 1.82) is 0 Å². The van der Waals surface area contributed by atoms with Crippen LogP contribution in [0, 0.1) is 5.92 Å². The van der Waals surface area contributed by atoms with E-state index < -0.39 is 0 Å². The Kier molecular flexibility index (Phi) is 5.32. The van der Waals surface area contributed by atoms with Gasteiger partial charge in [-0.2, -0.15) is 0 Å². The molecule has 1 N–H and O–H groups in total. The van der Waals surface area contributed by atoms with Crippen molar-refractivity contribution in [1.82, 2.24) is 9.88 Å². The number of H-pyrrole nitrogens is 1. The molecule has 2 aliphatic rings. The van der Waals surface area contributed by atoms with Gasteiger partial charge >= 0.3 is 0 Å². The number of aromatic amines is 1. The van der Waals surface area contributed by atoms with Crippen LogP contribution in [0.3, 0.4) is 0 Å². The molecule has 2 atom stereocenters. The smallest absolute Gasteiger partial charge is 0.119 e. The second-order valence-electron chi connectivity index (χ2n) is 9.35. The fourth-order valence-electron chi connectivity index (χ4n) is 6.04. The van der Waals surface area contributed by atoms with Gasteiger partial charge in [-0.25, -0.2) is 0 Å². The lowest BCUT2D eigenvalue weighted by Gasteiger charge is -2.51. The third-order valence-corrected chi connectivity index (χ3v) is 7.70. The van der Waals surface area contributed by atoms with Gasteiger partial charge in [-0.3, -0.25) is 0 Å². The molecule has 1 saturated heterocycles. The summed E-state index contributed by atoms with van der Waals surface area (Å²) in [6.45, 7) is 5.95. The van der Waals surface area contributed by atoms with Gasteiger partial charge in [-0.1, -0.05) is 50.1 Å². The molecule has 1 aromatic heterocycles. The number of aromatic nitrogens is 1. The van der Waals surface area contributed by atoms with Gasteiger partial charge < -0.3 is 14.6 Å². The van der Waals surface area contributed by atoms with Crippen molar-refractivity contribution in [3.63, 3.8) is 0 Å². The summed E-state index contributed by atoms with van der Waals surface area (Å²) in [5.74, 6) is 1.63. The molecule has 1 fully saturated rings. The first-order valence-corrected chi connectivity index (χ1v) is 11.7. The van der Waals surface area contributed by atoms with Crippen molar-refractivity contribution < 1.29 is 4.74 Å². The molecule has 1 aliphatic heterocycles. The topological polar surface area (TPSA) is 28.3 Å². The first-order chi connectivity index (χ1) is 14.7. The van der Waals surface area contributed by atoms with E-state index in [1.807, 2.05) is 0 Å². The fourth-order valence-corrected chi connectivity index (χ4v) is 6.04. The molecule has 2 heterocycles. The van der Waals surface area contributed by atoms with E-state index in [2.05, 4.69) is 65.3 Å². The zero-order valence-electron chi connectivity index (χ0n) is 18.4. The number of likely N-dealkylation sites (tertiary alicyclic amines) is 1. The quantitative estimate of drug-likeness (QED) is 0.534. The number of para-hydroxylation sites is 1. The number of unbranched alkanes of at least 4 members (excludes halogenated alkanes) is 2. The molecule has 30 heavy (non-hydrogen) atoms. The number of benzene rings is 2. The summed E-state index contributed by atoms with van der Waals surface area (Å²) < 4.78 is 5.61. The van der Waals surface area contributed by atoms with E-state index in [9.17, 15) is 0 Å². The lowest BCUT2D eigenvalue weighted by molar-refractivity contribution is 0.0802. The lowest BCUT2D eigenvalue weighted by atomic mass is 9.58. The Hall–Kier alpha value is -2.26. The van der Waals surface area contributed by atoms with Crippen molar-refractivity contribution in [2.24, 2.45) is 5.92 Å². The van der Waals surface area contributed by atoms with E-state index >= 15 is 0 Å². The van der Waals surface area contributed by atoms with Crippen molar-refractivity contribution in [3.8, 4) is 5.75 Å². The van der Waals surface area contributed by atoms with Crippen molar-refractivity contribution in [2.45, 2.75) is 50.9 Å². The Morgan fingerprint density at radius 1 is 1.13 bits per heavy atom. The van der Waals surface area contributed by atoms with Gasteiger partial charge in [0, 0.05) is 28.6 Å². The minimum absolute atomic E-state index is 0.198. The van der Waals surface area contributed by atoms with Crippen LogP contribution < -0.4 is 4.74 Å². The maximum atomic E-state index is 5.61. The van der Waals surface area contributed by atoms with Crippen LogP contribution in [0.2, 0.25) is 0 Å². The van der Waals surface area contributed by atoms with Crippen LogP contribution in [0.25, 0.3) is 10.9 Å². The highest BCUT2D eigenvalue weighted by molar-refractivity contribution is 5.85. The third-order valence-electron chi connectivity index (χ3n) is 7.70. The molecule has 1 unspecified atom stereocenters. The van der Waals surface area contributed by atoms with Crippen LogP contribution >= 0.6 is 0 Å². The zero-order chi connectivity index (χ0) is 20.6. The maximum absolute atomic E-state index is 5.61. The molecule has 2 aromatic carbocycles. The Morgan fingerprint density at radius 3 is 2.90 bits per heavy atom. The average molecular weight is 403 g/mol. The molecule has 3 aromatic rings. The second kappa shape index (κ2) is 8.11. The highest BCUT2D eigenvalue weighted by atomic mass is 16.5. The van der Waals surface area contributed by atoms with Gasteiger partial charge in [0.25, 0.3) is 0 Å². The van der Waals surface area contributed by atoms with Crippen LogP contribution in [0.4, 0.5) is 0 Å². The normalized spacial score (nSPS) is 23.9. The number of rotatable bonds is 6. The predicted octanol–water partition coefficient (Wildman–Crippen LogP) is 5.73. The highest BCUT2D eigenvalue weighted by Gasteiger charge is 2.48. The van der Waals surface area contributed by atoms with Gasteiger partial charge in [-0.15, -0.1) is 0 Å². The Morgan fingerprint density at radius 2 is 2.03 bits per heavy atom. The summed E-state index contributed by atoms with van der Waals surface area (Å²) in [5, 5.41) is 1.43. The first-order valence-electron chi connectivity index (χ1n) is 11.7. The largest absolute Gasteiger partial charge is 0.497 e. The SMILES string of the molecule is CCCCCN1CC[C@]2(c3cccc(OC)c3)Cc3[nH]c4ccccc4c3CC2C1. The molecule has 3 heteroatoms. The summed E-state index contributed by atoms with van der Waals surface area (Å²) in [6, 6.07) is 17.7. The van der Waals surface area contributed by atoms with E-state index in [0.717, 1.165) is 12.2 Å². The van der Waals surface area contributed by atoms with E-state index in [1.54, 1.807) is 12.7 Å². The van der Waals surface area contributed by atoms with Gasteiger partial charge in [0.1, 0.15) is 5.75 Å². The molecule has 0 radical (unpaired) electrons. The summed E-state index contributed by atoms with van der Waals surface area (Å²) in [6.07, 6.45) is 7.47. The third kappa shape index (κ3) is 3.33. The Bertz CT molecular complexity index is 1020. The maximum Gasteiger partial charge on any atom is 0.119 e. The summed E-state index contributed by atoms with van der Waals surface area (Å²) in [7, 11) is 1.78. The van der Waals surface area contributed by atoms with Gasteiger partial charge in [0.05, 0.1) is 7.11 Å². The number of fused-ring (bicyclic) bond motifs is 4. The number of methoxy groups -OCH3 is 1. The second-order valence-corrected chi connectivity index (χ2v) is 9.35. The number of nitrogens with one attached hydrogen (secondary N) is 1. The standard InChI is InChI=1S/C27H34N2O/c1-3-4-7-14-29-15-13-27(20-9-8-10-22(16-20)30-2)18-26-24(17-21(27)19-29)23-11-5-6-12-25(23)28-26/h5-6,8-12,16,21,28H,3-4,7,13-15,17-19H2,1-2H3/t21?,27-/m1/s1. The molecule has 0 bridgehead atoms. The van der Waals surface area contributed by atoms with Crippen molar-refractivity contribution in [2.75, 3.05) is 26.7 Å². The number of piperidine rings is 1. The van der Waals surface area contributed by atoms with Crippen LogP contribution in [-0.2, 0) is 18.3 Å². The number of nitrogens with zero attached hydrogens (tertiary/aromatic N) is 1. The van der Waals surface area contributed by atoms with Gasteiger partial charge in [-0.05, 0) is 74.0 Å².